The number of aryl methyl sites for hydroxylation is 1. The van der Waals surface area contributed by atoms with Gasteiger partial charge in [0.15, 0.2) is 0 Å². The van der Waals surface area contributed by atoms with Gasteiger partial charge in [0.2, 0.25) is 11.7 Å². The Hall–Kier alpha value is -2.15. The fourth-order valence-corrected chi connectivity index (χ4v) is 1.34. The van der Waals surface area contributed by atoms with Crippen LogP contribution >= 0.6 is 0 Å². The van der Waals surface area contributed by atoms with Crippen LogP contribution in [0.2, 0.25) is 0 Å². The van der Waals surface area contributed by atoms with Gasteiger partial charge in [-0.2, -0.15) is 5.26 Å². The molecule has 68 valence electrons. The molecule has 0 atom stereocenters. The Morgan fingerprint density at radius 3 is 3.00 bits per heavy atom. The molecule has 4 heteroatoms. The highest BCUT2D eigenvalue weighted by atomic mass is 16.3. The van der Waals surface area contributed by atoms with Gasteiger partial charge in [0.1, 0.15) is 11.8 Å². The molecule has 0 saturated carbocycles. The largest absolute Gasteiger partial charge is 0.867 e. The number of rotatable bonds is 0. The minimum absolute atomic E-state index is 0.121. The number of nitrogens with zero attached hydrogens (tertiary/aromatic N) is 3. The average molecular weight is 185 g/mol. The standard InChI is InChI=1S/C10H7N3O/c1-7-8(6-11)10(14)9-4-2-3-5-13(9)12-7/h2-5H,1H3. The van der Waals surface area contributed by atoms with Crippen molar-refractivity contribution in [1.29, 1.82) is 5.26 Å². The molecule has 0 aliphatic heterocycles. The number of aromatic nitrogens is 2. The summed E-state index contributed by atoms with van der Waals surface area (Å²) in [5.74, 6) is -0.263. The Kier molecular flexibility index (Phi) is 1.79. The fraction of sp³-hybridized carbons (Fsp3) is 0.100. The smallest absolute Gasteiger partial charge is 0.231 e. The molecule has 0 saturated heterocycles. The van der Waals surface area contributed by atoms with Gasteiger partial charge in [0, 0.05) is 17.2 Å². The molecular weight excluding hydrogens is 178 g/mol. The van der Waals surface area contributed by atoms with Crippen molar-refractivity contribution in [2.45, 2.75) is 6.92 Å². The third-order valence-electron chi connectivity index (χ3n) is 2.03. The van der Waals surface area contributed by atoms with Gasteiger partial charge in [-0.3, -0.25) is 0 Å². The van der Waals surface area contributed by atoms with Crippen molar-refractivity contribution in [2.24, 2.45) is 0 Å². The highest BCUT2D eigenvalue weighted by Gasteiger charge is 2.10. The summed E-state index contributed by atoms with van der Waals surface area (Å²) in [6.07, 6.45) is 1.69. The summed E-state index contributed by atoms with van der Waals surface area (Å²) in [4.78, 5) is 0. The molecule has 0 unspecified atom stereocenters. The zero-order chi connectivity index (χ0) is 10.1. The van der Waals surface area contributed by atoms with E-state index in [0.29, 0.717) is 11.2 Å². The van der Waals surface area contributed by atoms with E-state index in [0.717, 1.165) is 0 Å². The van der Waals surface area contributed by atoms with Gasteiger partial charge >= 0.3 is 0 Å². The van der Waals surface area contributed by atoms with E-state index >= 15 is 0 Å². The van der Waals surface area contributed by atoms with Crippen molar-refractivity contribution in [3.8, 4) is 11.8 Å². The normalized spacial score (nSPS) is 10.0. The molecule has 0 spiro atoms. The number of hydrogen-bond acceptors (Lipinski definition) is 3. The van der Waals surface area contributed by atoms with Crippen LogP contribution < -0.4 is 9.62 Å². The molecule has 0 aliphatic carbocycles. The number of hydrogen-bond donors (Lipinski definition) is 0. The predicted molar refractivity (Wildman–Crippen MR) is 46.3 cm³/mol. The van der Waals surface area contributed by atoms with E-state index in [2.05, 4.69) is 5.10 Å². The third-order valence-corrected chi connectivity index (χ3v) is 2.03. The minimum Gasteiger partial charge on any atom is -0.867 e. The second kappa shape index (κ2) is 2.96. The minimum atomic E-state index is -0.263. The molecule has 14 heavy (non-hydrogen) atoms. The van der Waals surface area contributed by atoms with Crippen LogP contribution in [-0.4, -0.2) is 5.10 Å². The number of fused-ring (bicyclic) bond motifs is 1. The summed E-state index contributed by atoms with van der Waals surface area (Å²) < 4.78 is 1.48. The van der Waals surface area contributed by atoms with Crippen LogP contribution in [0.4, 0.5) is 0 Å². The monoisotopic (exact) mass is 185 g/mol. The van der Waals surface area contributed by atoms with E-state index in [1.165, 1.54) is 4.52 Å². The lowest BCUT2D eigenvalue weighted by atomic mass is 10.2. The molecule has 0 bridgehead atoms. The lowest BCUT2D eigenvalue weighted by Crippen LogP contribution is -2.29. The Balaban J connectivity index is 2.95. The van der Waals surface area contributed by atoms with Gasteiger partial charge in [-0.05, 0) is 18.7 Å². The Morgan fingerprint density at radius 1 is 1.50 bits per heavy atom. The van der Waals surface area contributed by atoms with Crippen LogP contribution in [0.25, 0.3) is 5.52 Å². The highest BCUT2D eigenvalue weighted by molar-refractivity contribution is 5.60. The molecule has 4 nitrogen and oxygen atoms in total. The molecule has 0 fully saturated rings. The molecule has 2 rings (SSSR count). The first-order valence-electron chi connectivity index (χ1n) is 4.12. The van der Waals surface area contributed by atoms with Crippen LogP contribution in [0.15, 0.2) is 24.4 Å². The van der Waals surface area contributed by atoms with Gasteiger partial charge in [-0.15, -0.1) is 0 Å². The fourth-order valence-electron chi connectivity index (χ4n) is 1.34. The SMILES string of the molecule is Cc1n[n+]2ccccc2c([O-])c1C#N. The number of nitriles is 1. The number of pyridine rings is 1. The van der Waals surface area contributed by atoms with E-state index < -0.39 is 0 Å². The molecule has 0 aliphatic rings. The van der Waals surface area contributed by atoms with Crippen molar-refractivity contribution in [2.75, 3.05) is 0 Å². The predicted octanol–water partition coefficient (Wildman–Crippen LogP) is 0.0740. The average Bonchev–Trinajstić information content (AvgIpc) is 2.18. The van der Waals surface area contributed by atoms with Gasteiger partial charge in [0.25, 0.3) is 0 Å². The van der Waals surface area contributed by atoms with Gasteiger partial charge in [0.05, 0.1) is 5.56 Å². The zero-order valence-corrected chi connectivity index (χ0v) is 7.56. The third kappa shape index (κ3) is 1.07. The van der Waals surface area contributed by atoms with E-state index in [4.69, 9.17) is 5.26 Å². The maximum Gasteiger partial charge on any atom is 0.231 e. The van der Waals surface area contributed by atoms with Gasteiger partial charge < -0.3 is 5.11 Å². The van der Waals surface area contributed by atoms with Crippen LogP contribution in [0.5, 0.6) is 5.75 Å². The molecule has 0 N–H and O–H groups in total. The molecule has 2 aromatic heterocycles. The first-order chi connectivity index (χ1) is 6.74. The zero-order valence-electron chi connectivity index (χ0n) is 7.56. The van der Waals surface area contributed by atoms with E-state index in [9.17, 15) is 5.11 Å². The summed E-state index contributed by atoms with van der Waals surface area (Å²) in [5, 5.41) is 24.6. The van der Waals surface area contributed by atoms with Crippen LogP contribution in [0.3, 0.4) is 0 Å². The maximum absolute atomic E-state index is 11.7. The highest BCUT2D eigenvalue weighted by Crippen LogP contribution is 2.17. The van der Waals surface area contributed by atoms with Crippen LogP contribution in [0, 0.1) is 18.3 Å². The molecule has 0 radical (unpaired) electrons. The summed E-state index contributed by atoms with van der Waals surface area (Å²) in [6.45, 7) is 1.65. The van der Waals surface area contributed by atoms with Gasteiger partial charge in [-0.1, -0.05) is 4.52 Å². The Bertz CT molecular complexity index is 543. The second-order valence-electron chi connectivity index (χ2n) is 2.93. The Morgan fingerprint density at radius 2 is 2.29 bits per heavy atom. The van der Waals surface area contributed by atoms with Crippen molar-refractivity contribution < 1.29 is 9.62 Å². The van der Waals surface area contributed by atoms with Crippen molar-refractivity contribution in [3.05, 3.63) is 35.7 Å². The van der Waals surface area contributed by atoms with Crippen molar-refractivity contribution in [1.82, 2.24) is 5.10 Å². The molecular formula is C10H7N3O. The molecule has 2 aromatic rings. The molecule has 0 amide bonds. The Labute approximate surface area is 80.7 Å². The summed E-state index contributed by atoms with van der Waals surface area (Å²) in [7, 11) is 0. The quantitative estimate of drug-likeness (QED) is 0.546. The van der Waals surface area contributed by atoms with E-state index in [-0.39, 0.29) is 11.3 Å². The van der Waals surface area contributed by atoms with Crippen LogP contribution in [-0.2, 0) is 0 Å². The lowest BCUT2D eigenvalue weighted by Gasteiger charge is -2.06. The maximum atomic E-state index is 11.7. The lowest BCUT2D eigenvalue weighted by molar-refractivity contribution is -0.584. The van der Waals surface area contributed by atoms with Crippen LogP contribution in [0.1, 0.15) is 11.3 Å². The first-order valence-corrected chi connectivity index (χ1v) is 4.12. The van der Waals surface area contributed by atoms with Crippen molar-refractivity contribution in [3.63, 3.8) is 0 Å². The second-order valence-corrected chi connectivity index (χ2v) is 2.93. The topological polar surface area (TPSA) is 63.8 Å². The first kappa shape index (κ1) is 8.45. The summed E-state index contributed by atoms with van der Waals surface area (Å²) in [6, 6.07) is 7.04. The summed E-state index contributed by atoms with van der Waals surface area (Å²) >= 11 is 0. The van der Waals surface area contributed by atoms with Gasteiger partial charge in [-0.25, -0.2) is 0 Å². The molecule has 2 heterocycles. The molecule has 0 aromatic carbocycles. The van der Waals surface area contributed by atoms with Crippen molar-refractivity contribution >= 4 is 5.52 Å². The van der Waals surface area contributed by atoms with E-state index in [1.54, 1.807) is 31.3 Å². The summed E-state index contributed by atoms with van der Waals surface area (Å²) in [5.41, 5.74) is 1.01. The van der Waals surface area contributed by atoms with E-state index in [1.807, 2.05) is 6.07 Å².